The fraction of sp³-hybridized carbons (Fsp3) is 0.818. The minimum Gasteiger partial charge on any atom is -0.481 e. The van der Waals surface area contributed by atoms with Crippen molar-refractivity contribution in [3.05, 3.63) is 0 Å². The van der Waals surface area contributed by atoms with Crippen LogP contribution in [0.4, 0.5) is 4.79 Å². The van der Waals surface area contributed by atoms with Gasteiger partial charge in [-0.05, 0) is 32.6 Å². The summed E-state index contributed by atoms with van der Waals surface area (Å²) in [4.78, 5) is 21.4. The highest BCUT2D eigenvalue weighted by atomic mass is 16.6. The molecule has 5 heteroatoms. The molecule has 0 bridgehead atoms. The normalized spacial score (nSPS) is 12.2. The van der Waals surface area contributed by atoms with Gasteiger partial charge in [0.05, 0.1) is 6.10 Å². The third-order valence-corrected chi connectivity index (χ3v) is 2.10. The van der Waals surface area contributed by atoms with Crippen molar-refractivity contribution in [3.63, 3.8) is 0 Å². The minimum absolute atomic E-state index is 0.121. The summed E-state index contributed by atoms with van der Waals surface area (Å²) in [6, 6.07) is 0. The topological polar surface area (TPSA) is 75.6 Å². The summed E-state index contributed by atoms with van der Waals surface area (Å²) >= 11 is 0. The van der Waals surface area contributed by atoms with Crippen LogP contribution in [0, 0.1) is 5.92 Å². The Morgan fingerprint density at radius 1 is 1.25 bits per heavy atom. The maximum absolute atomic E-state index is 11.1. The van der Waals surface area contributed by atoms with E-state index in [1.807, 2.05) is 6.92 Å². The first-order valence-electron chi connectivity index (χ1n) is 5.58. The molecule has 1 atom stereocenters. The second-order valence-corrected chi connectivity index (χ2v) is 4.21. The van der Waals surface area contributed by atoms with Gasteiger partial charge in [0.25, 0.3) is 0 Å². The van der Waals surface area contributed by atoms with Crippen molar-refractivity contribution in [2.45, 2.75) is 46.1 Å². The first-order chi connectivity index (χ1) is 7.41. The summed E-state index contributed by atoms with van der Waals surface area (Å²) in [5, 5.41) is 11.1. The third-order valence-electron chi connectivity index (χ3n) is 2.10. The molecule has 0 saturated heterocycles. The number of amides is 1. The molecule has 94 valence electrons. The second-order valence-electron chi connectivity index (χ2n) is 4.21. The Labute approximate surface area is 96.2 Å². The first-order valence-corrected chi connectivity index (χ1v) is 5.58. The van der Waals surface area contributed by atoms with Crippen molar-refractivity contribution in [2.75, 3.05) is 6.54 Å². The Kier molecular flexibility index (Phi) is 7.33. The lowest BCUT2D eigenvalue weighted by Gasteiger charge is -2.12. The number of nitrogens with one attached hydrogen (secondary N) is 1. The van der Waals surface area contributed by atoms with Crippen LogP contribution in [0.15, 0.2) is 0 Å². The van der Waals surface area contributed by atoms with E-state index in [1.54, 1.807) is 13.8 Å². The van der Waals surface area contributed by atoms with Crippen LogP contribution < -0.4 is 5.32 Å². The number of ether oxygens (including phenoxy) is 1. The Morgan fingerprint density at radius 2 is 1.88 bits per heavy atom. The van der Waals surface area contributed by atoms with Crippen LogP contribution in [0.2, 0.25) is 0 Å². The Hall–Kier alpha value is -1.26. The van der Waals surface area contributed by atoms with Gasteiger partial charge in [0.2, 0.25) is 0 Å². The lowest BCUT2D eigenvalue weighted by Crippen LogP contribution is -2.28. The van der Waals surface area contributed by atoms with E-state index < -0.39 is 12.1 Å². The number of hydrogen-bond acceptors (Lipinski definition) is 3. The van der Waals surface area contributed by atoms with Gasteiger partial charge in [0, 0.05) is 13.0 Å². The van der Waals surface area contributed by atoms with Crippen LogP contribution >= 0.6 is 0 Å². The molecule has 16 heavy (non-hydrogen) atoms. The molecule has 0 aliphatic rings. The van der Waals surface area contributed by atoms with Crippen LogP contribution in [0.1, 0.15) is 40.0 Å². The molecule has 0 aromatic rings. The summed E-state index contributed by atoms with van der Waals surface area (Å²) in [5.74, 6) is -0.491. The van der Waals surface area contributed by atoms with Gasteiger partial charge in [-0.3, -0.25) is 4.79 Å². The predicted molar refractivity (Wildman–Crippen MR) is 60.3 cm³/mol. The molecule has 0 aliphatic carbocycles. The van der Waals surface area contributed by atoms with Crippen LogP contribution in [-0.4, -0.2) is 29.8 Å². The van der Waals surface area contributed by atoms with Crippen molar-refractivity contribution in [1.82, 2.24) is 5.32 Å². The van der Waals surface area contributed by atoms with E-state index in [0.29, 0.717) is 13.0 Å². The molecule has 0 aromatic carbocycles. The Balaban J connectivity index is 3.50. The summed E-state index contributed by atoms with van der Waals surface area (Å²) in [7, 11) is 0. The van der Waals surface area contributed by atoms with Gasteiger partial charge in [0.15, 0.2) is 0 Å². The standard InChI is InChI=1S/C11H21NO4/c1-8(2)16-11(15)12-7-6-9(3)4-5-10(13)14/h8-9H,4-7H2,1-3H3,(H,12,15)(H,13,14). The highest BCUT2D eigenvalue weighted by Gasteiger charge is 2.07. The molecule has 0 rings (SSSR count). The van der Waals surface area contributed by atoms with Crippen molar-refractivity contribution in [2.24, 2.45) is 5.92 Å². The molecule has 0 radical (unpaired) electrons. The number of rotatable bonds is 7. The zero-order valence-electron chi connectivity index (χ0n) is 10.2. The van der Waals surface area contributed by atoms with E-state index in [0.717, 1.165) is 6.42 Å². The van der Waals surface area contributed by atoms with Crippen molar-refractivity contribution >= 4 is 12.1 Å². The largest absolute Gasteiger partial charge is 0.481 e. The number of carbonyl (C=O) groups excluding carboxylic acids is 1. The van der Waals surface area contributed by atoms with Crippen LogP contribution in [-0.2, 0) is 9.53 Å². The molecule has 2 N–H and O–H groups in total. The summed E-state index contributed by atoms with van der Waals surface area (Å²) in [5.41, 5.74) is 0. The third kappa shape index (κ3) is 9.30. The molecule has 5 nitrogen and oxygen atoms in total. The average molecular weight is 231 g/mol. The molecule has 0 fully saturated rings. The summed E-state index contributed by atoms with van der Waals surface area (Å²) < 4.78 is 4.89. The Bertz CT molecular complexity index is 228. The fourth-order valence-electron chi connectivity index (χ4n) is 1.19. The van der Waals surface area contributed by atoms with E-state index in [9.17, 15) is 9.59 Å². The van der Waals surface area contributed by atoms with E-state index in [4.69, 9.17) is 9.84 Å². The number of hydrogen-bond donors (Lipinski definition) is 2. The maximum atomic E-state index is 11.1. The fourth-order valence-corrected chi connectivity index (χ4v) is 1.19. The van der Waals surface area contributed by atoms with Gasteiger partial charge < -0.3 is 15.2 Å². The lowest BCUT2D eigenvalue weighted by atomic mass is 10.0. The van der Waals surface area contributed by atoms with Gasteiger partial charge in [-0.15, -0.1) is 0 Å². The van der Waals surface area contributed by atoms with Crippen LogP contribution in [0.25, 0.3) is 0 Å². The summed E-state index contributed by atoms with van der Waals surface area (Å²) in [6.45, 7) is 6.06. The maximum Gasteiger partial charge on any atom is 0.407 e. The first kappa shape index (κ1) is 14.7. The highest BCUT2D eigenvalue weighted by molar-refractivity contribution is 5.67. The van der Waals surface area contributed by atoms with Crippen molar-refractivity contribution in [1.29, 1.82) is 0 Å². The monoisotopic (exact) mass is 231 g/mol. The van der Waals surface area contributed by atoms with E-state index in [-0.39, 0.29) is 18.4 Å². The van der Waals surface area contributed by atoms with E-state index in [2.05, 4.69) is 5.32 Å². The molecular formula is C11H21NO4. The summed E-state index contributed by atoms with van der Waals surface area (Å²) in [6.07, 6.45) is 1.04. The minimum atomic E-state index is -0.779. The molecule has 1 unspecified atom stereocenters. The number of carboxylic acids is 1. The average Bonchev–Trinajstić information content (AvgIpc) is 2.13. The lowest BCUT2D eigenvalue weighted by molar-refractivity contribution is -0.137. The van der Waals surface area contributed by atoms with Gasteiger partial charge in [-0.1, -0.05) is 6.92 Å². The van der Waals surface area contributed by atoms with Crippen molar-refractivity contribution < 1.29 is 19.4 Å². The zero-order chi connectivity index (χ0) is 12.6. The Morgan fingerprint density at radius 3 is 2.38 bits per heavy atom. The van der Waals surface area contributed by atoms with E-state index >= 15 is 0 Å². The van der Waals surface area contributed by atoms with Crippen LogP contribution in [0.5, 0.6) is 0 Å². The number of carboxylic acid groups (broad SMARTS) is 1. The number of alkyl carbamates (subject to hydrolysis) is 1. The number of aliphatic carboxylic acids is 1. The smallest absolute Gasteiger partial charge is 0.407 e. The van der Waals surface area contributed by atoms with Gasteiger partial charge in [-0.25, -0.2) is 4.79 Å². The molecule has 0 spiro atoms. The molecular weight excluding hydrogens is 210 g/mol. The van der Waals surface area contributed by atoms with Gasteiger partial charge in [-0.2, -0.15) is 0 Å². The number of carbonyl (C=O) groups is 2. The predicted octanol–water partition coefficient (Wildman–Crippen LogP) is 2.01. The molecule has 0 heterocycles. The van der Waals surface area contributed by atoms with Crippen LogP contribution in [0.3, 0.4) is 0 Å². The molecule has 0 saturated carbocycles. The molecule has 0 aliphatic heterocycles. The van der Waals surface area contributed by atoms with Gasteiger partial charge in [0.1, 0.15) is 0 Å². The van der Waals surface area contributed by atoms with E-state index in [1.165, 1.54) is 0 Å². The molecule has 1 amide bonds. The van der Waals surface area contributed by atoms with Gasteiger partial charge >= 0.3 is 12.1 Å². The zero-order valence-corrected chi connectivity index (χ0v) is 10.2. The second kappa shape index (κ2) is 7.96. The quantitative estimate of drug-likeness (QED) is 0.702. The molecule has 0 aromatic heterocycles. The highest BCUT2D eigenvalue weighted by Crippen LogP contribution is 2.09. The van der Waals surface area contributed by atoms with Crippen molar-refractivity contribution in [3.8, 4) is 0 Å². The SMILES string of the molecule is CC(CCNC(=O)OC(C)C)CCC(=O)O.